The largest absolute Gasteiger partial charge is 0.496 e. The van der Waals surface area contributed by atoms with Crippen molar-refractivity contribution < 1.29 is 9.53 Å². The smallest absolute Gasteiger partial charge is 0.176 e. The van der Waals surface area contributed by atoms with Crippen LogP contribution in [0.15, 0.2) is 34.8 Å². The van der Waals surface area contributed by atoms with E-state index in [9.17, 15) is 4.79 Å². The van der Waals surface area contributed by atoms with Crippen LogP contribution in [0.2, 0.25) is 0 Å². The monoisotopic (exact) mass is 370 g/mol. The fraction of sp³-hybridized carbons (Fsp3) is 0.214. The summed E-state index contributed by atoms with van der Waals surface area (Å²) < 4.78 is 6.13. The summed E-state index contributed by atoms with van der Waals surface area (Å²) in [6.07, 6.45) is 0. The van der Waals surface area contributed by atoms with Crippen LogP contribution < -0.4 is 4.74 Å². The molecule has 0 radical (unpaired) electrons. The topological polar surface area (TPSA) is 26.3 Å². The van der Waals surface area contributed by atoms with Crippen molar-refractivity contribution >= 4 is 48.4 Å². The van der Waals surface area contributed by atoms with Gasteiger partial charge in [-0.15, -0.1) is 0 Å². The number of hydrogen-bond acceptors (Lipinski definition) is 2. The van der Waals surface area contributed by atoms with E-state index in [2.05, 4.69) is 31.9 Å². The molecule has 18 heavy (non-hydrogen) atoms. The third-order valence-electron chi connectivity index (χ3n) is 2.81. The first kappa shape index (κ1) is 13.6. The maximum absolute atomic E-state index is 12.1. The van der Waals surface area contributed by atoms with Crippen molar-refractivity contribution in [2.75, 3.05) is 7.11 Å². The molecule has 0 saturated carbocycles. The van der Waals surface area contributed by atoms with Gasteiger partial charge in [-0.05, 0) is 40.4 Å². The molecule has 2 nitrogen and oxygen atoms in total. The standard InChI is InChI=1S/C14H12Br2O2/c1-8(15)14(17)11-5-3-4-10-9(11)6-7-12(18-2)13(10)16/h3-8H,1-2H3/t8-/m0/s1. The van der Waals surface area contributed by atoms with Crippen LogP contribution >= 0.6 is 31.9 Å². The zero-order valence-corrected chi connectivity index (χ0v) is 13.2. The molecule has 0 fully saturated rings. The van der Waals surface area contributed by atoms with Crippen LogP contribution in [0, 0.1) is 0 Å². The molecular formula is C14H12Br2O2. The van der Waals surface area contributed by atoms with Gasteiger partial charge in [0.2, 0.25) is 0 Å². The number of carbonyl (C=O) groups is 1. The van der Waals surface area contributed by atoms with Crippen LogP contribution in [-0.4, -0.2) is 17.7 Å². The van der Waals surface area contributed by atoms with E-state index in [0.717, 1.165) is 26.6 Å². The van der Waals surface area contributed by atoms with Gasteiger partial charge in [0.05, 0.1) is 16.4 Å². The predicted octanol–water partition coefficient (Wildman–Crippen LogP) is 4.58. The minimum atomic E-state index is -0.191. The molecule has 2 aromatic rings. The summed E-state index contributed by atoms with van der Waals surface area (Å²) in [5, 5.41) is 1.91. The molecular weight excluding hydrogens is 360 g/mol. The van der Waals surface area contributed by atoms with Gasteiger partial charge in [-0.25, -0.2) is 0 Å². The molecule has 0 saturated heterocycles. The molecule has 94 valence electrons. The predicted molar refractivity (Wildman–Crippen MR) is 80.9 cm³/mol. The quantitative estimate of drug-likeness (QED) is 0.583. The van der Waals surface area contributed by atoms with E-state index in [0.29, 0.717) is 0 Å². The van der Waals surface area contributed by atoms with E-state index in [1.165, 1.54) is 0 Å². The summed E-state index contributed by atoms with van der Waals surface area (Å²) in [5.41, 5.74) is 0.722. The normalized spacial score (nSPS) is 12.4. The second kappa shape index (κ2) is 5.41. The van der Waals surface area contributed by atoms with Crippen LogP contribution in [0.1, 0.15) is 17.3 Å². The molecule has 0 amide bonds. The Labute approximate surface area is 123 Å². The lowest BCUT2D eigenvalue weighted by Gasteiger charge is -2.11. The lowest BCUT2D eigenvalue weighted by atomic mass is 10.00. The van der Waals surface area contributed by atoms with Crippen LogP contribution in [0.3, 0.4) is 0 Å². The van der Waals surface area contributed by atoms with Crippen molar-refractivity contribution in [2.45, 2.75) is 11.8 Å². The van der Waals surface area contributed by atoms with Crippen LogP contribution in [0.25, 0.3) is 10.8 Å². The molecule has 2 rings (SSSR count). The molecule has 2 aromatic carbocycles. The average molecular weight is 372 g/mol. The van der Waals surface area contributed by atoms with Gasteiger partial charge in [0.1, 0.15) is 5.75 Å². The Kier molecular flexibility index (Phi) is 4.07. The minimum Gasteiger partial charge on any atom is -0.496 e. The Balaban J connectivity index is 2.72. The van der Waals surface area contributed by atoms with Gasteiger partial charge in [-0.1, -0.05) is 34.1 Å². The lowest BCUT2D eigenvalue weighted by Crippen LogP contribution is -2.10. The second-order valence-corrected chi connectivity index (χ2v) is 6.13. The number of benzene rings is 2. The first-order valence-corrected chi connectivity index (χ1v) is 7.20. The minimum absolute atomic E-state index is 0.0812. The number of ether oxygens (including phenoxy) is 1. The number of Topliss-reactive ketones (excluding diaryl/α,β-unsaturated/α-hetero) is 1. The van der Waals surface area contributed by atoms with Gasteiger partial charge in [-0.3, -0.25) is 4.79 Å². The summed E-state index contributed by atoms with van der Waals surface area (Å²) in [6, 6.07) is 9.48. The first-order valence-electron chi connectivity index (χ1n) is 5.49. The van der Waals surface area contributed by atoms with Gasteiger partial charge in [0.25, 0.3) is 0 Å². The average Bonchev–Trinajstić information content (AvgIpc) is 2.38. The van der Waals surface area contributed by atoms with Crippen molar-refractivity contribution in [3.8, 4) is 5.75 Å². The summed E-state index contributed by atoms with van der Waals surface area (Å²) >= 11 is 6.84. The highest BCUT2D eigenvalue weighted by Crippen LogP contribution is 2.34. The third-order valence-corrected chi connectivity index (χ3v) is 4.04. The highest BCUT2D eigenvalue weighted by atomic mass is 79.9. The second-order valence-electron chi connectivity index (χ2n) is 3.96. The number of methoxy groups -OCH3 is 1. The fourth-order valence-corrected chi connectivity index (χ4v) is 2.77. The fourth-order valence-electron chi connectivity index (χ4n) is 1.89. The Morgan fingerprint density at radius 1 is 1.22 bits per heavy atom. The van der Waals surface area contributed by atoms with Crippen molar-refractivity contribution in [3.05, 3.63) is 40.4 Å². The lowest BCUT2D eigenvalue weighted by molar-refractivity contribution is 0.0997. The molecule has 0 spiro atoms. The number of halogens is 2. The number of alkyl halides is 1. The van der Waals surface area contributed by atoms with Crippen LogP contribution in [0.5, 0.6) is 5.75 Å². The van der Waals surface area contributed by atoms with Crippen molar-refractivity contribution in [2.24, 2.45) is 0 Å². The molecule has 0 aliphatic heterocycles. The summed E-state index contributed by atoms with van der Waals surface area (Å²) in [5.74, 6) is 0.844. The zero-order valence-electron chi connectivity index (χ0n) is 10.0. The number of carbonyl (C=O) groups excluding carboxylic acids is 1. The maximum atomic E-state index is 12.1. The van der Waals surface area contributed by atoms with E-state index in [1.54, 1.807) is 7.11 Å². The van der Waals surface area contributed by atoms with Gasteiger partial charge in [-0.2, -0.15) is 0 Å². The van der Waals surface area contributed by atoms with E-state index in [1.807, 2.05) is 37.3 Å². The SMILES string of the molecule is COc1ccc2c(C(=O)[C@H](C)Br)cccc2c1Br. The molecule has 4 heteroatoms. The van der Waals surface area contributed by atoms with Gasteiger partial charge in [0.15, 0.2) is 5.78 Å². The Hall–Kier alpha value is -0.870. The van der Waals surface area contributed by atoms with Crippen LogP contribution in [-0.2, 0) is 0 Å². The highest BCUT2D eigenvalue weighted by Gasteiger charge is 2.16. The van der Waals surface area contributed by atoms with Crippen molar-refractivity contribution in [1.82, 2.24) is 0 Å². The highest BCUT2D eigenvalue weighted by molar-refractivity contribution is 9.10. The van der Waals surface area contributed by atoms with E-state index >= 15 is 0 Å². The molecule has 0 heterocycles. The molecule has 0 bridgehead atoms. The summed E-state index contributed by atoms with van der Waals surface area (Å²) in [7, 11) is 1.63. The Bertz CT molecular complexity index is 606. The molecule has 0 aliphatic rings. The van der Waals surface area contributed by atoms with Gasteiger partial charge in [0, 0.05) is 10.9 Å². The summed E-state index contributed by atoms with van der Waals surface area (Å²) in [4.78, 5) is 11.9. The maximum Gasteiger partial charge on any atom is 0.176 e. The van der Waals surface area contributed by atoms with Crippen molar-refractivity contribution in [3.63, 3.8) is 0 Å². The van der Waals surface area contributed by atoms with Gasteiger partial charge < -0.3 is 4.74 Å². The Morgan fingerprint density at radius 2 is 1.94 bits per heavy atom. The number of ketones is 1. The van der Waals surface area contributed by atoms with E-state index in [-0.39, 0.29) is 10.6 Å². The molecule has 0 aliphatic carbocycles. The van der Waals surface area contributed by atoms with E-state index < -0.39 is 0 Å². The van der Waals surface area contributed by atoms with Crippen LogP contribution in [0.4, 0.5) is 0 Å². The molecule has 0 unspecified atom stereocenters. The first-order chi connectivity index (χ1) is 8.56. The van der Waals surface area contributed by atoms with Crippen molar-refractivity contribution in [1.29, 1.82) is 0 Å². The number of hydrogen-bond donors (Lipinski definition) is 0. The summed E-state index contributed by atoms with van der Waals surface area (Å²) in [6.45, 7) is 1.83. The Morgan fingerprint density at radius 3 is 2.56 bits per heavy atom. The third kappa shape index (κ3) is 2.31. The zero-order chi connectivity index (χ0) is 13.3. The molecule has 0 N–H and O–H groups in total. The van der Waals surface area contributed by atoms with E-state index in [4.69, 9.17) is 4.74 Å². The number of rotatable bonds is 3. The molecule has 1 atom stereocenters. The van der Waals surface area contributed by atoms with Gasteiger partial charge >= 0.3 is 0 Å². The number of fused-ring (bicyclic) bond motifs is 1. The molecule has 0 aromatic heterocycles.